The molecule has 160 valence electrons. The number of benzene rings is 2. The Hall–Kier alpha value is -2.70. The van der Waals surface area contributed by atoms with Crippen LogP contribution in [0.1, 0.15) is 40.9 Å². The first-order valence-electron chi connectivity index (χ1n) is 10.3. The van der Waals surface area contributed by atoms with Crippen LogP contribution in [-0.2, 0) is 20.8 Å². The third-order valence-corrected chi connectivity index (χ3v) is 5.22. The quantitative estimate of drug-likeness (QED) is 0.736. The molecule has 0 aromatic heterocycles. The topological polar surface area (TPSA) is 67.9 Å². The number of esters is 1. The van der Waals surface area contributed by atoms with Crippen LogP contribution in [0.3, 0.4) is 0 Å². The van der Waals surface area contributed by atoms with Crippen LogP contribution in [0.5, 0.6) is 0 Å². The fraction of sp³-hybridized carbons (Fsp3) is 0.417. The van der Waals surface area contributed by atoms with Crippen molar-refractivity contribution in [1.82, 2.24) is 4.90 Å². The van der Waals surface area contributed by atoms with E-state index in [0.29, 0.717) is 11.3 Å². The van der Waals surface area contributed by atoms with Crippen LogP contribution >= 0.6 is 0 Å². The van der Waals surface area contributed by atoms with Crippen LogP contribution in [0, 0.1) is 13.8 Å². The summed E-state index contributed by atoms with van der Waals surface area (Å²) in [6.45, 7) is 10.4. The molecule has 0 radical (unpaired) electrons. The molecule has 1 fully saturated rings. The fourth-order valence-corrected chi connectivity index (χ4v) is 3.65. The van der Waals surface area contributed by atoms with E-state index in [1.54, 1.807) is 12.1 Å². The highest BCUT2D eigenvalue weighted by molar-refractivity contribution is 5.95. The maximum Gasteiger partial charge on any atom is 0.338 e. The van der Waals surface area contributed by atoms with Gasteiger partial charge in [-0.1, -0.05) is 18.2 Å². The predicted molar refractivity (Wildman–Crippen MR) is 117 cm³/mol. The van der Waals surface area contributed by atoms with Gasteiger partial charge in [-0.3, -0.25) is 9.69 Å². The lowest BCUT2D eigenvalue weighted by Gasteiger charge is -2.35. The lowest BCUT2D eigenvalue weighted by atomic mass is 10.1. The van der Waals surface area contributed by atoms with Crippen LogP contribution in [0.25, 0.3) is 0 Å². The number of morpholine rings is 1. The maximum absolute atomic E-state index is 12.3. The van der Waals surface area contributed by atoms with E-state index in [1.165, 1.54) is 0 Å². The molecular weight excluding hydrogens is 380 g/mol. The van der Waals surface area contributed by atoms with Gasteiger partial charge in [0.15, 0.2) is 6.61 Å². The lowest BCUT2D eigenvalue weighted by molar-refractivity contribution is -0.119. The van der Waals surface area contributed by atoms with Crippen molar-refractivity contribution >= 4 is 17.6 Å². The first kappa shape index (κ1) is 22.0. The molecule has 0 saturated carbocycles. The number of hydrogen-bond acceptors (Lipinski definition) is 5. The van der Waals surface area contributed by atoms with Gasteiger partial charge in [0.25, 0.3) is 5.91 Å². The predicted octanol–water partition coefficient (Wildman–Crippen LogP) is 3.71. The molecule has 2 atom stereocenters. The second kappa shape index (κ2) is 9.87. The fourth-order valence-electron chi connectivity index (χ4n) is 3.65. The molecule has 1 saturated heterocycles. The molecule has 0 aliphatic carbocycles. The Labute approximate surface area is 178 Å². The zero-order chi connectivity index (χ0) is 21.7. The van der Waals surface area contributed by atoms with Gasteiger partial charge in [0.2, 0.25) is 0 Å². The van der Waals surface area contributed by atoms with Gasteiger partial charge < -0.3 is 14.8 Å². The summed E-state index contributed by atoms with van der Waals surface area (Å²) >= 11 is 0. The number of nitrogens with zero attached hydrogens (tertiary/aromatic N) is 1. The molecule has 6 nitrogen and oxygen atoms in total. The number of anilines is 1. The number of ether oxygens (including phenoxy) is 2. The molecule has 1 heterocycles. The Morgan fingerprint density at radius 3 is 2.33 bits per heavy atom. The molecule has 3 rings (SSSR count). The van der Waals surface area contributed by atoms with Crippen LogP contribution < -0.4 is 5.32 Å². The number of carbonyl (C=O) groups is 2. The minimum Gasteiger partial charge on any atom is -0.452 e. The van der Waals surface area contributed by atoms with Crippen LogP contribution in [0.4, 0.5) is 5.69 Å². The zero-order valence-electron chi connectivity index (χ0n) is 18.1. The molecule has 1 amide bonds. The normalized spacial score (nSPS) is 19.3. The van der Waals surface area contributed by atoms with Crippen LogP contribution in [0.15, 0.2) is 42.5 Å². The van der Waals surface area contributed by atoms with E-state index in [1.807, 2.05) is 44.2 Å². The number of hydrogen-bond donors (Lipinski definition) is 1. The van der Waals surface area contributed by atoms with Crippen molar-refractivity contribution in [2.45, 2.75) is 46.4 Å². The second-order valence-corrected chi connectivity index (χ2v) is 8.07. The Morgan fingerprint density at radius 2 is 1.70 bits per heavy atom. The molecular formula is C24H30N2O4. The van der Waals surface area contributed by atoms with E-state index in [-0.39, 0.29) is 24.7 Å². The minimum absolute atomic E-state index is 0.220. The summed E-state index contributed by atoms with van der Waals surface area (Å²) in [5.74, 6) is -0.871. The third-order valence-electron chi connectivity index (χ3n) is 5.22. The lowest BCUT2D eigenvalue weighted by Crippen LogP contribution is -2.44. The molecule has 2 unspecified atom stereocenters. The van der Waals surface area contributed by atoms with Crippen molar-refractivity contribution in [3.05, 3.63) is 64.7 Å². The van der Waals surface area contributed by atoms with Gasteiger partial charge in [-0.15, -0.1) is 0 Å². The highest BCUT2D eigenvalue weighted by Gasteiger charge is 2.22. The standard InChI is InChI=1S/C24H30N2O4/c1-16-5-10-22(11-17(16)2)25-23(27)15-29-24(28)21-8-6-20(7-9-21)14-26-12-18(3)30-19(4)13-26/h5-11,18-19H,12-15H2,1-4H3,(H,25,27). The van der Waals surface area contributed by atoms with Crippen LogP contribution in [0.2, 0.25) is 0 Å². The van der Waals surface area contributed by atoms with Gasteiger partial charge in [-0.25, -0.2) is 4.79 Å². The van der Waals surface area contributed by atoms with Gasteiger partial charge in [0.1, 0.15) is 0 Å². The van der Waals surface area contributed by atoms with Crippen LogP contribution in [-0.4, -0.2) is 48.7 Å². The number of rotatable bonds is 6. The number of carbonyl (C=O) groups excluding carboxylic acids is 2. The van der Waals surface area contributed by atoms with Crippen molar-refractivity contribution in [1.29, 1.82) is 0 Å². The minimum atomic E-state index is -0.509. The Balaban J connectivity index is 1.48. The summed E-state index contributed by atoms with van der Waals surface area (Å²) in [5.41, 5.74) is 4.49. The average Bonchev–Trinajstić information content (AvgIpc) is 2.69. The SMILES string of the molecule is Cc1ccc(NC(=O)COC(=O)c2ccc(CN3CC(C)OC(C)C3)cc2)cc1C. The van der Waals surface area contributed by atoms with E-state index >= 15 is 0 Å². The molecule has 1 aliphatic rings. The monoisotopic (exact) mass is 410 g/mol. The van der Waals surface area contributed by atoms with Crippen molar-refractivity contribution in [2.75, 3.05) is 25.0 Å². The number of aryl methyl sites for hydroxylation is 2. The highest BCUT2D eigenvalue weighted by atomic mass is 16.5. The van der Waals surface area contributed by atoms with Gasteiger partial charge in [0.05, 0.1) is 17.8 Å². The third kappa shape index (κ3) is 6.15. The summed E-state index contributed by atoms with van der Waals surface area (Å²) in [7, 11) is 0. The molecule has 2 aromatic rings. The van der Waals surface area contributed by atoms with Crippen molar-refractivity contribution in [3.63, 3.8) is 0 Å². The van der Waals surface area contributed by atoms with E-state index in [0.717, 1.165) is 36.3 Å². The van der Waals surface area contributed by atoms with E-state index in [9.17, 15) is 9.59 Å². The van der Waals surface area contributed by atoms with Gasteiger partial charge in [-0.05, 0) is 68.7 Å². The highest BCUT2D eigenvalue weighted by Crippen LogP contribution is 2.16. The molecule has 0 spiro atoms. The summed E-state index contributed by atoms with van der Waals surface area (Å²) in [4.78, 5) is 26.7. The summed E-state index contributed by atoms with van der Waals surface area (Å²) in [5, 5.41) is 2.75. The van der Waals surface area contributed by atoms with Crippen molar-refractivity contribution in [3.8, 4) is 0 Å². The Kier molecular flexibility index (Phi) is 7.24. The molecule has 2 aromatic carbocycles. The van der Waals surface area contributed by atoms with E-state index in [4.69, 9.17) is 9.47 Å². The summed E-state index contributed by atoms with van der Waals surface area (Å²) in [6.07, 6.45) is 0.441. The Morgan fingerprint density at radius 1 is 1.03 bits per heavy atom. The first-order chi connectivity index (χ1) is 14.3. The summed E-state index contributed by atoms with van der Waals surface area (Å²) in [6, 6.07) is 13.0. The number of nitrogens with one attached hydrogen (secondary N) is 1. The second-order valence-electron chi connectivity index (χ2n) is 8.07. The smallest absolute Gasteiger partial charge is 0.338 e. The van der Waals surface area contributed by atoms with Crippen molar-refractivity contribution < 1.29 is 19.1 Å². The Bertz CT molecular complexity index is 885. The largest absolute Gasteiger partial charge is 0.452 e. The maximum atomic E-state index is 12.3. The molecule has 0 bridgehead atoms. The summed E-state index contributed by atoms with van der Waals surface area (Å²) < 4.78 is 10.9. The van der Waals surface area contributed by atoms with E-state index in [2.05, 4.69) is 24.1 Å². The zero-order valence-corrected chi connectivity index (χ0v) is 18.1. The molecule has 30 heavy (non-hydrogen) atoms. The van der Waals surface area contributed by atoms with Gasteiger partial charge in [0, 0.05) is 25.3 Å². The molecule has 6 heteroatoms. The van der Waals surface area contributed by atoms with Gasteiger partial charge >= 0.3 is 5.97 Å². The molecule has 1 N–H and O–H groups in total. The first-order valence-corrected chi connectivity index (χ1v) is 10.3. The van der Waals surface area contributed by atoms with Crippen molar-refractivity contribution in [2.24, 2.45) is 0 Å². The average molecular weight is 411 g/mol. The number of amides is 1. The van der Waals surface area contributed by atoms with Gasteiger partial charge in [-0.2, -0.15) is 0 Å². The van der Waals surface area contributed by atoms with E-state index < -0.39 is 5.97 Å². The molecule has 1 aliphatic heterocycles.